The number of aliphatic hydroxyl groups is 1. The molecule has 1 N–H and O–H groups in total. The smallest absolute Gasteiger partial charge is 0.113 e. The van der Waals surface area contributed by atoms with Crippen LogP contribution in [0.3, 0.4) is 0 Å². The molecule has 1 aromatic carbocycles. The van der Waals surface area contributed by atoms with Gasteiger partial charge in [0.1, 0.15) is 17.1 Å². The van der Waals surface area contributed by atoms with Crippen molar-refractivity contribution in [2.75, 3.05) is 18.0 Å². The number of benzene rings is 1. The number of aromatic nitrogens is 2. The van der Waals surface area contributed by atoms with E-state index in [1.807, 2.05) is 6.07 Å². The predicted molar refractivity (Wildman–Crippen MR) is 76.3 cm³/mol. The molecule has 1 aliphatic rings. The minimum Gasteiger partial charge on any atom is -0.391 e. The van der Waals surface area contributed by atoms with Gasteiger partial charge in [0.15, 0.2) is 0 Å². The van der Waals surface area contributed by atoms with Gasteiger partial charge in [-0.05, 0) is 24.5 Å². The van der Waals surface area contributed by atoms with E-state index in [0.717, 1.165) is 24.2 Å². The topological polar surface area (TPSA) is 73.0 Å². The lowest BCUT2D eigenvalue weighted by molar-refractivity contribution is 0.132. The van der Waals surface area contributed by atoms with E-state index in [4.69, 9.17) is 5.26 Å². The van der Waals surface area contributed by atoms with Gasteiger partial charge in [0.25, 0.3) is 0 Å². The number of hydrogen-bond acceptors (Lipinski definition) is 5. The molecule has 0 radical (unpaired) electrons. The van der Waals surface area contributed by atoms with E-state index in [9.17, 15) is 5.11 Å². The predicted octanol–water partition coefficient (Wildman–Crippen LogP) is 1.71. The Kier molecular flexibility index (Phi) is 3.25. The minimum absolute atomic E-state index is 0.318. The van der Waals surface area contributed by atoms with Crippen LogP contribution in [-0.4, -0.2) is 34.3 Å². The van der Waals surface area contributed by atoms with E-state index in [-0.39, 0.29) is 6.10 Å². The number of aliphatic hydroxyl groups excluding tert-OH is 1. The number of anilines is 1. The highest BCUT2D eigenvalue weighted by Gasteiger charge is 2.25. The molecule has 1 saturated heterocycles. The van der Waals surface area contributed by atoms with Crippen LogP contribution in [0.2, 0.25) is 0 Å². The zero-order valence-corrected chi connectivity index (χ0v) is 11.3. The van der Waals surface area contributed by atoms with E-state index >= 15 is 0 Å². The summed E-state index contributed by atoms with van der Waals surface area (Å²) in [5, 5.41) is 19.1. The summed E-state index contributed by atoms with van der Waals surface area (Å²) in [6, 6.07) is 5.83. The van der Waals surface area contributed by atoms with Gasteiger partial charge >= 0.3 is 0 Å². The maximum atomic E-state index is 9.95. The molecule has 2 heterocycles. The first kappa shape index (κ1) is 12.8. The third kappa shape index (κ3) is 2.19. The lowest BCUT2D eigenvalue weighted by Crippen LogP contribution is -2.42. The molecule has 5 heteroatoms. The highest BCUT2D eigenvalue weighted by molar-refractivity contribution is 5.91. The summed E-state index contributed by atoms with van der Waals surface area (Å²) in [4.78, 5) is 10.8. The summed E-state index contributed by atoms with van der Waals surface area (Å²) in [5.74, 6) is 0.432. The van der Waals surface area contributed by atoms with Crippen molar-refractivity contribution in [3.8, 4) is 6.07 Å². The Hall–Kier alpha value is -2.19. The van der Waals surface area contributed by atoms with E-state index in [1.54, 1.807) is 18.5 Å². The third-order valence-corrected chi connectivity index (χ3v) is 3.70. The van der Waals surface area contributed by atoms with Gasteiger partial charge in [0.05, 0.1) is 17.4 Å². The second kappa shape index (κ2) is 5.06. The first-order valence-electron chi connectivity index (χ1n) is 6.76. The maximum absolute atomic E-state index is 9.95. The first-order valence-corrected chi connectivity index (χ1v) is 6.76. The molecular weight excluding hydrogens is 252 g/mol. The van der Waals surface area contributed by atoms with Crippen molar-refractivity contribution in [3.63, 3.8) is 0 Å². The fourth-order valence-corrected chi connectivity index (χ4v) is 2.90. The van der Waals surface area contributed by atoms with Gasteiger partial charge in [-0.2, -0.15) is 5.26 Å². The molecule has 3 rings (SSSR count). The lowest BCUT2D eigenvalue weighted by atomic mass is 9.97. The maximum Gasteiger partial charge on any atom is 0.113 e. The molecule has 0 aliphatic carbocycles. The number of piperidine rings is 1. The normalized spacial score (nSPS) is 22.8. The lowest BCUT2D eigenvalue weighted by Gasteiger charge is -2.36. The second-order valence-corrected chi connectivity index (χ2v) is 5.40. The standard InChI is InChI=1S/C15H16N4O/c1-10-6-12(20)9-19(8-10)13-3-2-11(7-16)14-15(13)18-5-4-17-14/h2-5,10,12,20H,6,8-9H2,1H3/t10-,12+/m1/s1. The molecule has 5 nitrogen and oxygen atoms in total. The Bertz CT molecular complexity index is 669. The molecule has 0 spiro atoms. The zero-order valence-electron chi connectivity index (χ0n) is 11.3. The molecule has 1 fully saturated rings. The minimum atomic E-state index is -0.318. The molecule has 0 bridgehead atoms. The summed E-state index contributed by atoms with van der Waals surface area (Å²) in [7, 11) is 0. The largest absolute Gasteiger partial charge is 0.391 e. The molecule has 0 saturated carbocycles. The van der Waals surface area contributed by atoms with Gasteiger partial charge in [0, 0.05) is 25.5 Å². The van der Waals surface area contributed by atoms with E-state index in [1.165, 1.54) is 0 Å². The number of β-amino-alcohol motifs (C(OH)–C–C–N with tert-alkyl or cyclic N) is 1. The fourth-order valence-electron chi connectivity index (χ4n) is 2.90. The zero-order chi connectivity index (χ0) is 14.1. The Morgan fingerprint density at radius 2 is 2.00 bits per heavy atom. The molecule has 0 unspecified atom stereocenters. The van der Waals surface area contributed by atoms with Gasteiger partial charge in [-0.1, -0.05) is 6.92 Å². The molecule has 20 heavy (non-hydrogen) atoms. The molecule has 2 atom stereocenters. The molecule has 1 aliphatic heterocycles. The Labute approximate surface area is 117 Å². The molecule has 102 valence electrons. The summed E-state index contributed by atoms with van der Waals surface area (Å²) in [6.45, 7) is 3.61. The first-order chi connectivity index (χ1) is 9.69. The second-order valence-electron chi connectivity index (χ2n) is 5.40. The average molecular weight is 268 g/mol. The number of rotatable bonds is 1. The van der Waals surface area contributed by atoms with Crippen molar-refractivity contribution in [2.45, 2.75) is 19.4 Å². The van der Waals surface area contributed by atoms with Gasteiger partial charge < -0.3 is 10.0 Å². The summed E-state index contributed by atoms with van der Waals surface area (Å²) >= 11 is 0. The van der Waals surface area contributed by atoms with Crippen molar-refractivity contribution < 1.29 is 5.11 Å². The highest BCUT2D eigenvalue weighted by Crippen LogP contribution is 2.29. The molecule has 2 aromatic rings. The number of nitrogens with zero attached hydrogens (tertiary/aromatic N) is 4. The summed E-state index contributed by atoms with van der Waals surface area (Å²) in [6.07, 6.45) is 3.74. The van der Waals surface area contributed by atoms with E-state index in [0.29, 0.717) is 23.5 Å². The van der Waals surface area contributed by atoms with Crippen LogP contribution < -0.4 is 4.90 Å². The number of hydrogen-bond donors (Lipinski definition) is 1. The van der Waals surface area contributed by atoms with E-state index < -0.39 is 0 Å². The fraction of sp³-hybridized carbons (Fsp3) is 0.400. The van der Waals surface area contributed by atoms with Gasteiger partial charge in [-0.3, -0.25) is 9.97 Å². The molecular formula is C15H16N4O. The SMILES string of the molecule is C[C@@H]1C[C@H](O)CN(c2ccc(C#N)c3nccnc23)C1. The third-order valence-electron chi connectivity index (χ3n) is 3.70. The van der Waals surface area contributed by atoms with Gasteiger partial charge in [-0.15, -0.1) is 0 Å². The average Bonchev–Trinajstić information content (AvgIpc) is 2.45. The highest BCUT2D eigenvalue weighted by atomic mass is 16.3. The van der Waals surface area contributed by atoms with Crippen LogP contribution in [0, 0.1) is 17.2 Å². The molecule has 0 amide bonds. The van der Waals surface area contributed by atoms with Crippen molar-refractivity contribution in [3.05, 3.63) is 30.1 Å². The summed E-state index contributed by atoms with van der Waals surface area (Å²) < 4.78 is 0. The number of fused-ring (bicyclic) bond motifs is 1. The van der Waals surface area contributed by atoms with Crippen LogP contribution in [0.1, 0.15) is 18.9 Å². The van der Waals surface area contributed by atoms with Crippen LogP contribution in [0.5, 0.6) is 0 Å². The van der Waals surface area contributed by atoms with Crippen molar-refractivity contribution >= 4 is 16.7 Å². The van der Waals surface area contributed by atoms with Crippen molar-refractivity contribution in [1.29, 1.82) is 5.26 Å². The van der Waals surface area contributed by atoms with E-state index in [2.05, 4.69) is 27.9 Å². The van der Waals surface area contributed by atoms with Crippen molar-refractivity contribution in [1.82, 2.24) is 9.97 Å². The number of nitriles is 1. The van der Waals surface area contributed by atoms with Gasteiger partial charge in [-0.25, -0.2) is 0 Å². The van der Waals surface area contributed by atoms with Crippen molar-refractivity contribution in [2.24, 2.45) is 5.92 Å². The monoisotopic (exact) mass is 268 g/mol. The Morgan fingerprint density at radius 3 is 2.70 bits per heavy atom. The quantitative estimate of drug-likeness (QED) is 0.852. The van der Waals surface area contributed by atoms with Crippen LogP contribution in [0.4, 0.5) is 5.69 Å². The van der Waals surface area contributed by atoms with Crippen LogP contribution in [0.15, 0.2) is 24.5 Å². The molecule has 1 aromatic heterocycles. The summed E-state index contributed by atoms with van der Waals surface area (Å²) in [5.41, 5.74) is 2.83. The van der Waals surface area contributed by atoms with Crippen LogP contribution in [-0.2, 0) is 0 Å². The Morgan fingerprint density at radius 1 is 1.25 bits per heavy atom. The van der Waals surface area contributed by atoms with Crippen LogP contribution >= 0.6 is 0 Å². The Balaban J connectivity index is 2.11. The van der Waals surface area contributed by atoms with Crippen LogP contribution in [0.25, 0.3) is 11.0 Å². The van der Waals surface area contributed by atoms with Gasteiger partial charge in [0.2, 0.25) is 0 Å².